The van der Waals surface area contributed by atoms with Gasteiger partial charge in [-0.15, -0.1) is 0 Å². The summed E-state index contributed by atoms with van der Waals surface area (Å²) in [5, 5.41) is 10.2. The molecular formula is C20H20N2O. The maximum Gasteiger partial charge on any atom is 0.0949 e. The molecule has 1 aliphatic carbocycles. The van der Waals surface area contributed by atoms with Crippen LogP contribution in [0.5, 0.6) is 0 Å². The quantitative estimate of drug-likeness (QED) is 0.772. The number of aliphatic hydroxyl groups excluding tert-OH is 1. The molecule has 0 radical (unpaired) electrons. The first-order chi connectivity index (χ1) is 11.3. The van der Waals surface area contributed by atoms with Gasteiger partial charge in [0.15, 0.2) is 0 Å². The smallest absolute Gasteiger partial charge is 0.0949 e. The van der Waals surface area contributed by atoms with Gasteiger partial charge in [-0.3, -0.25) is 0 Å². The second-order valence-electron chi connectivity index (χ2n) is 6.34. The predicted octanol–water partition coefficient (Wildman–Crippen LogP) is 4.04. The van der Waals surface area contributed by atoms with E-state index in [1.807, 2.05) is 12.5 Å². The molecule has 0 aliphatic heterocycles. The molecule has 23 heavy (non-hydrogen) atoms. The number of imidazole rings is 1. The van der Waals surface area contributed by atoms with E-state index in [0.29, 0.717) is 5.92 Å². The molecule has 0 spiro atoms. The molecule has 1 saturated carbocycles. The molecule has 2 aromatic carbocycles. The Morgan fingerprint density at radius 1 is 1.09 bits per heavy atom. The Balaban J connectivity index is 1.55. The Labute approximate surface area is 136 Å². The van der Waals surface area contributed by atoms with Crippen molar-refractivity contribution in [2.24, 2.45) is 5.92 Å². The summed E-state index contributed by atoms with van der Waals surface area (Å²) in [7, 11) is 0. The summed E-state index contributed by atoms with van der Waals surface area (Å²) in [4.78, 5) is 4.08. The zero-order valence-corrected chi connectivity index (χ0v) is 13.0. The molecule has 3 nitrogen and oxygen atoms in total. The van der Waals surface area contributed by atoms with Crippen LogP contribution in [0.3, 0.4) is 0 Å². The minimum atomic E-state index is -0.295. The third-order valence-electron chi connectivity index (χ3n) is 4.51. The van der Waals surface area contributed by atoms with Crippen LogP contribution in [0.1, 0.15) is 30.1 Å². The molecule has 1 heterocycles. The monoisotopic (exact) mass is 304 g/mol. The molecule has 0 amide bonds. The Hall–Kier alpha value is -2.39. The lowest BCUT2D eigenvalue weighted by molar-refractivity contribution is 0.154. The van der Waals surface area contributed by atoms with Gasteiger partial charge in [0, 0.05) is 18.9 Å². The van der Waals surface area contributed by atoms with E-state index in [4.69, 9.17) is 0 Å². The molecule has 1 unspecified atom stereocenters. The van der Waals surface area contributed by atoms with Gasteiger partial charge < -0.3 is 9.67 Å². The molecule has 4 rings (SSSR count). The number of hydrogen-bond donors (Lipinski definition) is 1. The predicted molar refractivity (Wildman–Crippen MR) is 90.9 cm³/mol. The van der Waals surface area contributed by atoms with Crippen molar-refractivity contribution in [3.63, 3.8) is 0 Å². The van der Waals surface area contributed by atoms with Crippen LogP contribution in [0, 0.1) is 5.92 Å². The molecule has 1 fully saturated rings. The van der Waals surface area contributed by atoms with E-state index in [0.717, 1.165) is 24.9 Å². The molecule has 0 saturated heterocycles. The van der Waals surface area contributed by atoms with E-state index in [9.17, 15) is 5.11 Å². The highest BCUT2D eigenvalue weighted by molar-refractivity contribution is 5.64. The number of nitrogens with zero attached hydrogens (tertiary/aromatic N) is 2. The number of aliphatic hydroxyl groups is 1. The maximum atomic E-state index is 10.2. The van der Waals surface area contributed by atoms with Crippen LogP contribution < -0.4 is 0 Å². The van der Waals surface area contributed by atoms with E-state index in [1.165, 1.54) is 16.7 Å². The van der Waals surface area contributed by atoms with Crippen LogP contribution in [-0.4, -0.2) is 14.7 Å². The molecular weight excluding hydrogens is 284 g/mol. The summed E-state index contributed by atoms with van der Waals surface area (Å²) in [6.07, 6.45) is 7.62. The third-order valence-corrected chi connectivity index (χ3v) is 4.51. The lowest BCUT2D eigenvalue weighted by Gasteiger charge is -2.11. The number of rotatable bonds is 5. The van der Waals surface area contributed by atoms with Gasteiger partial charge in [0.1, 0.15) is 0 Å². The summed E-state index contributed by atoms with van der Waals surface area (Å²) < 4.78 is 2.06. The van der Waals surface area contributed by atoms with Crippen LogP contribution >= 0.6 is 0 Å². The van der Waals surface area contributed by atoms with Gasteiger partial charge in [0.2, 0.25) is 0 Å². The molecule has 1 aliphatic rings. The first-order valence-electron chi connectivity index (χ1n) is 8.13. The lowest BCUT2D eigenvalue weighted by Crippen LogP contribution is -1.99. The van der Waals surface area contributed by atoms with Crippen molar-refractivity contribution < 1.29 is 5.11 Å². The maximum absolute atomic E-state index is 10.2. The van der Waals surface area contributed by atoms with Crippen LogP contribution in [0.2, 0.25) is 0 Å². The fourth-order valence-corrected chi connectivity index (χ4v) is 3.00. The van der Waals surface area contributed by atoms with Crippen LogP contribution in [0.25, 0.3) is 11.1 Å². The number of aromatic nitrogens is 2. The van der Waals surface area contributed by atoms with E-state index >= 15 is 0 Å². The third kappa shape index (κ3) is 3.20. The highest BCUT2D eigenvalue weighted by Crippen LogP contribution is 2.41. The minimum Gasteiger partial charge on any atom is -0.388 e. The summed E-state index contributed by atoms with van der Waals surface area (Å²) >= 11 is 0. The van der Waals surface area contributed by atoms with Crippen molar-refractivity contribution in [2.45, 2.75) is 25.5 Å². The van der Waals surface area contributed by atoms with Crippen molar-refractivity contribution in [2.75, 3.05) is 0 Å². The SMILES string of the molecule is OC(c1ccc(-c2cccc(Cn3ccnc3)c2)cc1)C1CC1. The largest absolute Gasteiger partial charge is 0.388 e. The number of hydrogen-bond acceptors (Lipinski definition) is 2. The Bertz CT molecular complexity index is 774. The molecule has 1 N–H and O–H groups in total. The zero-order valence-electron chi connectivity index (χ0n) is 13.0. The molecule has 1 aromatic heterocycles. The van der Waals surface area contributed by atoms with Gasteiger partial charge in [-0.2, -0.15) is 0 Å². The molecule has 1 atom stereocenters. The van der Waals surface area contributed by atoms with Gasteiger partial charge in [-0.25, -0.2) is 4.98 Å². The second-order valence-corrected chi connectivity index (χ2v) is 6.34. The standard InChI is InChI=1S/C20H20N2O/c23-20(18-8-9-18)17-6-4-16(5-7-17)19-3-1-2-15(12-19)13-22-11-10-21-14-22/h1-7,10-12,14,18,20,23H,8-9,13H2. The molecule has 0 bridgehead atoms. The average molecular weight is 304 g/mol. The summed E-state index contributed by atoms with van der Waals surface area (Å²) in [6.45, 7) is 0.826. The first kappa shape index (κ1) is 14.2. The van der Waals surface area contributed by atoms with Crippen molar-refractivity contribution >= 4 is 0 Å². The normalized spacial score (nSPS) is 15.5. The van der Waals surface area contributed by atoms with Gasteiger partial charge in [0.25, 0.3) is 0 Å². The van der Waals surface area contributed by atoms with Gasteiger partial charge in [-0.1, -0.05) is 42.5 Å². The van der Waals surface area contributed by atoms with E-state index < -0.39 is 0 Å². The second kappa shape index (κ2) is 6.01. The van der Waals surface area contributed by atoms with Crippen molar-refractivity contribution in [3.05, 3.63) is 78.4 Å². The van der Waals surface area contributed by atoms with E-state index in [2.05, 4.69) is 58.1 Å². The highest BCUT2D eigenvalue weighted by atomic mass is 16.3. The van der Waals surface area contributed by atoms with Gasteiger partial charge >= 0.3 is 0 Å². The molecule has 116 valence electrons. The Morgan fingerprint density at radius 2 is 1.91 bits per heavy atom. The van der Waals surface area contributed by atoms with Crippen molar-refractivity contribution in [1.82, 2.24) is 9.55 Å². The summed E-state index contributed by atoms with van der Waals surface area (Å²) in [5.74, 6) is 0.472. The first-order valence-corrected chi connectivity index (χ1v) is 8.13. The van der Waals surface area contributed by atoms with Gasteiger partial charge in [-0.05, 0) is 47.1 Å². The number of benzene rings is 2. The Kier molecular flexibility index (Phi) is 3.72. The van der Waals surface area contributed by atoms with E-state index in [-0.39, 0.29) is 6.10 Å². The fraction of sp³-hybridized carbons (Fsp3) is 0.250. The van der Waals surface area contributed by atoms with Crippen LogP contribution in [0.4, 0.5) is 0 Å². The minimum absolute atomic E-state index is 0.295. The summed E-state index contributed by atoms with van der Waals surface area (Å²) in [6, 6.07) is 16.9. The fourth-order valence-electron chi connectivity index (χ4n) is 3.00. The lowest BCUT2D eigenvalue weighted by atomic mass is 9.99. The van der Waals surface area contributed by atoms with E-state index in [1.54, 1.807) is 6.20 Å². The van der Waals surface area contributed by atoms with Gasteiger partial charge in [0.05, 0.1) is 12.4 Å². The van der Waals surface area contributed by atoms with Crippen LogP contribution in [0.15, 0.2) is 67.3 Å². The Morgan fingerprint density at radius 3 is 2.61 bits per heavy atom. The highest BCUT2D eigenvalue weighted by Gasteiger charge is 2.30. The molecule has 3 heteroatoms. The van der Waals surface area contributed by atoms with Crippen molar-refractivity contribution in [3.8, 4) is 11.1 Å². The topological polar surface area (TPSA) is 38.0 Å². The van der Waals surface area contributed by atoms with Crippen molar-refractivity contribution in [1.29, 1.82) is 0 Å². The average Bonchev–Trinajstić information content (AvgIpc) is 3.33. The zero-order chi connectivity index (χ0) is 15.6. The molecule has 3 aromatic rings. The van der Waals surface area contributed by atoms with Crippen LogP contribution in [-0.2, 0) is 6.54 Å². The summed E-state index contributed by atoms with van der Waals surface area (Å²) in [5.41, 5.74) is 4.67.